The van der Waals surface area contributed by atoms with Crippen LogP contribution in [0.3, 0.4) is 0 Å². The maximum absolute atomic E-state index is 13.3. The summed E-state index contributed by atoms with van der Waals surface area (Å²) in [6.45, 7) is 7.19. The van der Waals surface area contributed by atoms with E-state index in [1.54, 1.807) is 17.5 Å². The molecule has 0 radical (unpaired) electrons. The summed E-state index contributed by atoms with van der Waals surface area (Å²) in [5, 5.41) is 7.48. The number of fused-ring (bicyclic) bond motifs is 1. The van der Waals surface area contributed by atoms with Crippen LogP contribution >= 0.6 is 34.5 Å². The highest BCUT2D eigenvalue weighted by Gasteiger charge is 2.23. The first kappa shape index (κ1) is 28.9. The summed E-state index contributed by atoms with van der Waals surface area (Å²) in [6, 6.07) is 9.06. The molecule has 2 N–H and O–H groups in total. The molecule has 5 rings (SSSR count). The molecule has 0 aliphatic carbocycles. The van der Waals surface area contributed by atoms with E-state index in [9.17, 15) is 9.59 Å². The zero-order valence-corrected chi connectivity index (χ0v) is 25.0. The third-order valence-corrected chi connectivity index (χ3v) is 8.68. The molecule has 1 aliphatic heterocycles. The van der Waals surface area contributed by atoms with Crippen molar-refractivity contribution in [1.29, 1.82) is 0 Å². The van der Waals surface area contributed by atoms with Crippen molar-refractivity contribution in [2.45, 2.75) is 6.92 Å². The summed E-state index contributed by atoms with van der Waals surface area (Å²) in [5.41, 5.74) is 2.38. The highest BCUT2D eigenvalue weighted by Crippen LogP contribution is 2.44. The van der Waals surface area contributed by atoms with Gasteiger partial charge in [0.2, 0.25) is 0 Å². The number of thiophene rings is 1. The first-order valence-corrected chi connectivity index (χ1v) is 14.5. The van der Waals surface area contributed by atoms with Crippen LogP contribution in [0.4, 0.5) is 17.2 Å². The lowest BCUT2D eigenvalue weighted by molar-refractivity contribution is 0.101. The number of nitrogens with zero attached hydrogens (tertiary/aromatic N) is 4. The predicted octanol–water partition coefficient (Wildman–Crippen LogP) is 5.66. The predicted molar refractivity (Wildman–Crippen MR) is 164 cm³/mol. The molecule has 0 saturated carbocycles. The Balaban J connectivity index is 1.33. The summed E-state index contributed by atoms with van der Waals surface area (Å²) in [6.07, 6.45) is 1.30. The highest BCUT2D eigenvalue weighted by atomic mass is 35.5. The Morgan fingerprint density at radius 2 is 1.61 bits per heavy atom. The molecule has 13 heteroatoms. The summed E-state index contributed by atoms with van der Waals surface area (Å²) >= 11 is 14.1. The van der Waals surface area contributed by atoms with Crippen LogP contribution in [0.1, 0.15) is 27.6 Å². The number of aromatic nitrogens is 2. The summed E-state index contributed by atoms with van der Waals surface area (Å²) in [7, 11) is 2.89. The highest BCUT2D eigenvalue weighted by molar-refractivity contribution is 7.18. The number of hydrogen-bond acceptors (Lipinski definition) is 9. The molecule has 1 fully saturated rings. The Bertz CT molecular complexity index is 1560. The number of anilines is 3. The Hall–Kier alpha value is -3.64. The van der Waals surface area contributed by atoms with Crippen molar-refractivity contribution in [2.75, 3.05) is 62.5 Å². The lowest BCUT2D eigenvalue weighted by atomic mass is 10.1. The molecule has 41 heavy (non-hydrogen) atoms. The molecule has 0 bridgehead atoms. The summed E-state index contributed by atoms with van der Waals surface area (Å²) in [5.74, 6) is 0.0778. The molecule has 2 amide bonds. The monoisotopic (exact) mass is 614 g/mol. The average Bonchev–Trinajstić information content (AvgIpc) is 3.45. The van der Waals surface area contributed by atoms with Crippen molar-refractivity contribution in [3.63, 3.8) is 0 Å². The second-order valence-electron chi connectivity index (χ2n) is 9.21. The van der Waals surface area contributed by atoms with Crippen molar-refractivity contribution < 1.29 is 19.1 Å². The maximum atomic E-state index is 13.3. The van der Waals surface area contributed by atoms with Gasteiger partial charge >= 0.3 is 0 Å². The molecular weight excluding hydrogens is 587 g/mol. The van der Waals surface area contributed by atoms with Crippen LogP contribution in [0.5, 0.6) is 11.5 Å². The molecule has 10 nitrogen and oxygen atoms in total. The molecule has 0 spiro atoms. The van der Waals surface area contributed by atoms with Gasteiger partial charge < -0.3 is 29.9 Å². The third kappa shape index (κ3) is 5.89. The minimum atomic E-state index is -0.498. The first-order valence-electron chi connectivity index (χ1n) is 12.9. The van der Waals surface area contributed by atoms with Crippen molar-refractivity contribution in [3.05, 3.63) is 63.2 Å². The number of amides is 2. The lowest BCUT2D eigenvalue weighted by Crippen LogP contribution is -2.46. The normalized spacial score (nSPS) is 13.7. The number of ether oxygens (including phenoxy) is 2. The van der Waals surface area contributed by atoms with Gasteiger partial charge in [0, 0.05) is 48.9 Å². The van der Waals surface area contributed by atoms with Gasteiger partial charge in [0.05, 0.1) is 35.7 Å². The summed E-state index contributed by atoms with van der Waals surface area (Å²) in [4.78, 5) is 39.7. The molecule has 4 aromatic rings. The zero-order valence-electron chi connectivity index (χ0n) is 22.7. The third-order valence-electron chi connectivity index (χ3n) is 6.96. The number of methoxy groups -OCH3 is 2. The molecule has 214 valence electrons. The van der Waals surface area contributed by atoms with Crippen LogP contribution in [0, 0.1) is 0 Å². The van der Waals surface area contributed by atoms with Crippen LogP contribution < -0.4 is 25.0 Å². The fourth-order valence-corrected chi connectivity index (χ4v) is 6.14. The van der Waals surface area contributed by atoms with E-state index in [0.717, 1.165) is 38.4 Å². The van der Waals surface area contributed by atoms with E-state index >= 15 is 0 Å². The van der Waals surface area contributed by atoms with Gasteiger partial charge in [-0.2, -0.15) is 0 Å². The minimum Gasteiger partial charge on any atom is -0.495 e. The van der Waals surface area contributed by atoms with E-state index in [-0.39, 0.29) is 38.7 Å². The van der Waals surface area contributed by atoms with E-state index < -0.39 is 5.91 Å². The Morgan fingerprint density at radius 1 is 0.951 bits per heavy atom. The van der Waals surface area contributed by atoms with Gasteiger partial charge in [-0.05, 0) is 30.8 Å². The first-order chi connectivity index (χ1) is 19.8. The van der Waals surface area contributed by atoms with Crippen molar-refractivity contribution >= 4 is 73.8 Å². The van der Waals surface area contributed by atoms with Crippen LogP contribution in [0.2, 0.25) is 10.0 Å². The van der Waals surface area contributed by atoms with E-state index in [2.05, 4.69) is 37.3 Å². The number of halogens is 2. The molecule has 2 aromatic heterocycles. The quantitative estimate of drug-likeness (QED) is 0.262. The second kappa shape index (κ2) is 12.5. The number of piperazine rings is 1. The summed E-state index contributed by atoms with van der Waals surface area (Å²) < 4.78 is 11.1. The molecule has 3 heterocycles. The number of rotatable bonds is 8. The van der Waals surface area contributed by atoms with Crippen molar-refractivity contribution in [3.8, 4) is 11.5 Å². The van der Waals surface area contributed by atoms with Gasteiger partial charge in [-0.25, -0.2) is 9.97 Å². The minimum absolute atomic E-state index is 0.128. The fourth-order valence-electron chi connectivity index (χ4n) is 4.60. The van der Waals surface area contributed by atoms with E-state index in [1.807, 2.05) is 12.1 Å². The Kier molecular flexibility index (Phi) is 8.79. The molecule has 2 aromatic carbocycles. The topological polar surface area (TPSA) is 109 Å². The molecule has 1 saturated heterocycles. The van der Waals surface area contributed by atoms with Crippen molar-refractivity contribution in [1.82, 2.24) is 14.9 Å². The molecule has 1 aliphatic rings. The van der Waals surface area contributed by atoms with Crippen molar-refractivity contribution in [2.24, 2.45) is 0 Å². The molecule has 0 atom stereocenters. The number of carbonyl (C=O) groups is 2. The largest absolute Gasteiger partial charge is 0.495 e. The maximum Gasteiger partial charge on any atom is 0.258 e. The van der Waals surface area contributed by atoms with Crippen LogP contribution in [-0.4, -0.2) is 73.6 Å². The van der Waals surface area contributed by atoms with Crippen LogP contribution in [0.15, 0.2) is 42.0 Å². The number of hydrogen-bond donors (Lipinski definition) is 2. The average molecular weight is 616 g/mol. The van der Waals surface area contributed by atoms with Gasteiger partial charge in [-0.15, -0.1) is 11.3 Å². The Labute approximate surface area is 251 Å². The fraction of sp³-hybridized carbons (Fsp3) is 0.286. The second-order valence-corrected chi connectivity index (χ2v) is 10.8. The Morgan fingerprint density at radius 3 is 2.22 bits per heavy atom. The van der Waals surface area contributed by atoms with Gasteiger partial charge in [0.15, 0.2) is 5.82 Å². The van der Waals surface area contributed by atoms with E-state index in [1.165, 1.54) is 38.0 Å². The van der Waals surface area contributed by atoms with Gasteiger partial charge in [-0.1, -0.05) is 30.1 Å². The van der Waals surface area contributed by atoms with Gasteiger partial charge in [0.25, 0.3) is 11.8 Å². The molecule has 0 unspecified atom stereocenters. The van der Waals surface area contributed by atoms with Gasteiger partial charge in [0.1, 0.15) is 27.9 Å². The zero-order chi connectivity index (χ0) is 29.1. The van der Waals surface area contributed by atoms with Gasteiger partial charge in [-0.3, -0.25) is 9.59 Å². The molecular formula is C28H28Cl2N6O4S. The number of likely N-dealkylation sites (N-methyl/N-ethyl adjacent to an activating group) is 1. The number of nitrogens with one attached hydrogen (secondary N) is 2. The van der Waals surface area contributed by atoms with E-state index in [4.69, 9.17) is 32.7 Å². The smallest absolute Gasteiger partial charge is 0.258 e. The standard InChI is InChI=1S/C28H28Cl2N6O4S/c1-4-35-9-11-36(12-10-35)17-7-5-16(6-8-17)27(37)34-26-25-23(31-15-32-26)18(14-41-25)28(38)33-24-21(29)19(39-2)13-20(40-3)22(24)30/h5-8,13-15H,4,9-12H2,1-3H3,(H,33,38)(H,31,32,34,37). The number of benzene rings is 2. The lowest BCUT2D eigenvalue weighted by Gasteiger charge is -2.35. The van der Waals surface area contributed by atoms with Crippen LogP contribution in [0.25, 0.3) is 10.2 Å². The van der Waals surface area contributed by atoms with E-state index in [0.29, 0.717) is 21.6 Å². The SMILES string of the molecule is CCN1CCN(c2ccc(C(=O)Nc3ncnc4c(C(=O)Nc5c(Cl)c(OC)cc(OC)c5Cl)csc34)cc2)CC1. The number of carbonyl (C=O) groups excluding carboxylic acids is 2. The van der Waals surface area contributed by atoms with Crippen LogP contribution in [-0.2, 0) is 0 Å².